The third kappa shape index (κ3) is 6.43. The molecule has 1 aromatic heterocycles. The Morgan fingerprint density at radius 1 is 1.37 bits per heavy atom. The Kier molecular flexibility index (Phi) is 8.94. The molecule has 0 radical (unpaired) electrons. The number of nitrogens with one attached hydrogen (secondary N) is 1. The summed E-state index contributed by atoms with van der Waals surface area (Å²) in [5.74, 6) is -0.0901. The molecule has 1 aromatic rings. The molecule has 0 amide bonds. The van der Waals surface area contributed by atoms with Crippen LogP contribution in [0.15, 0.2) is 21.4 Å². The van der Waals surface area contributed by atoms with E-state index >= 15 is 0 Å². The molecule has 27 heavy (non-hydrogen) atoms. The van der Waals surface area contributed by atoms with Gasteiger partial charge in [0.05, 0.1) is 0 Å². The number of aromatic amines is 1. The van der Waals surface area contributed by atoms with Gasteiger partial charge in [-0.25, -0.2) is 0 Å². The maximum atomic E-state index is 12.2. The second-order valence-electron chi connectivity index (χ2n) is 6.92. The van der Waals surface area contributed by atoms with E-state index in [4.69, 9.17) is 12.2 Å². The minimum Gasteiger partial charge on any atom is -0.494 e. The van der Waals surface area contributed by atoms with Gasteiger partial charge in [-0.05, 0) is 70.4 Å². The molecule has 0 fully saturated rings. The Bertz CT molecular complexity index is 775. The van der Waals surface area contributed by atoms with E-state index in [2.05, 4.69) is 34.8 Å². The molecule has 1 aliphatic rings. The van der Waals surface area contributed by atoms with Crippen LogP contribution in [0.4, 0.5) is 0 Å². The minimum absolute atomic E-state index is 0.0901. The van der Waals surface area contributed by atoms with Gasteiger partial charge in [-0.1, -0.05) is 25.5 Å². The summed E-state index contributed by atoms with van der Waals surface area (Å²) >= 11 is 5.24. The highest BCUT2D eigenvalue weighted by molar-refractivity contribution is 7.71. The number of aliphatic imine (C=N–C) groups is 1. The smallest absolute Gasteiger partial charge is 0.264 e. The number of H-pyrrole nitrogens is 1. The summed E-state index contributed by atoms with van der Waals surface area (Å²) in [5.41, 5.74) is 1.20. The largest absolute Gasteiger partial charge is 0.494 e. The molecular formula is C20H32N4O2S. The highest BCUT2D eigenvalue weighted by Crippen LogP contribution is 2.22. The van der Waals surface area contributed by atoms with Crippen LogP contribution in [0.1, 0.15) is 57.9 Å². The van der Waals surface area contributed by atoms with Crippen molar-refractivity contribution in [1.82, 2.24) is 14.5 Å². The number of allylic oxidation sites excluding steroid dienone is 2. The molecule has 0 saturated carbocycles. The summed E-state index contributed by atoms with van der Waals surface area (Å²) in [5, 5.41) is 10.6. The summed E-state index contributed by atoms with van der Waals surface area (Å²) in [6, 6.07) is 0. The molecule has 0 bridgehead atoms. The fourth-order valence-electron chi connectivity index (χ4n) is 3.37. The monoisotopic (exact) mass is 392 g/mol. The third-order valence-electron chi connectivity index (χ3n) is 5.12. The van der Waals surface area contributed by atoms with Gasteiger partial charge in [-0.2, -0.15) is 0 Å². The lowest BCUT2D eigenvalue weighted by Gasteiger charge is -2.16. The second kappa shape index (κ2) is 11.2. The molecule has 0 aromatic carbocycles. The van der Waals surface area contributed by atoms with Crippen molar-refractivity contribution in [3.05, 3.63) is 32.3 Å². The van der Waals surface area contributed by atoms with Crippen LogP contribution in [0.3, 0.4) is 0 Å². The van der Waals surface area contributed by atoms with Crippen LogP contribution in [-0.4, -0.2) is 52.0 Å². The first-order chi connectivity index (χ1) is 13.1. The van der Waals surface area contributed by atoms with Crippen molar-refractivity contribution >= 4 is 18.4 Å². The maximum absolute atomic E-state index is 12.2. The molecule has 6 nitrogen and oxygen atoms in total. The van der Waals surface area contributed by atoms with Crippen molar-refractivity contribution in [2.75, 3.05) is 26.2 Å². The average Bonchev–Trinajstić information content (AvgIpc) is 2.67. The Balaban J connectivity index is 2.03. The zero-order valence-corrected chi connectivity index (χ0v) is 17.4. The lowest BCUT2D eigenvalue weighted by molar-refractivity contribution is 0.302. The van der Waals surface area contributed by atoms with E-state index < -0.39 is 5.56 Å². The summed E-state index contributed by atoms with van der Waals surface area (Å²) in [4.78, 5) is 21.5. The number of rotatable bonds is 10. The third-order valence-corrected chi connectivity index (χ3v) is 5.45. The Hall–Kier alpha value is -1.73. The van der Waals surface area contributed by atoms with E-state index in [0.29, 0.717) is 13.1 Å². The quantitative estimate of drug-likeness (QED) is 0.276. The summed E-state index contributed by atoms with van der Waals surface area (Å²) < 4.78 is 1.86. The van der Waals surface area contributed by atoms with Crippen molar-refractivity contribution in [3.63, 3.8) is 0 Å². The van der Waals surface area contributed by atoms with Gasteiger partial charge < -0.3 is 10.0 Å². The summed E-state index contributed by atoms with van der Waals surface area (Å²) in [7, 11) is 0. The van der Waals surface area contributed by atoms with Crippen LogP contribution in [0.25, 0.3) is 0 Å². The van der Waals surface area contributed by atoms with Crippen LogP contribution in [0, 0.1) is 4.77 Å². The van der Waals surface area contributed by atoms with Gasteiger partial charge in [0.1, 0.15) is 5.56 Å². The van der Waals surface area contributed by atoms with Crippen molar-refractivity contribution in [3.8, 4) is 5.88 Å². The molecule has 7 heteroatoms. The molecular weight excluding hydrogens is 360 g/mol. The lowest BCUT2D eigenvalue weighted by Crippen LogP contribution is -2.24. The number of nitrogens with zero attached hydrogens (tertiary/aromatic N) is 3. The van der Waals surface area contributed by atoms with Crippen molar-refractivity contribution in [1.29, 1.82) is 0 Å². The second-order valence-corrected chi connectivity index (χ2v) is 7.31. The Morgan fingerprint density at radius 2 is 2.15 bits per heavy atom. The van der Waals surface area contributed by atoms with Crippen LogP contribution < -0.4 is 5.56 Å². The van der Waals surface area contributed by atoms with Crippen molar-refractivity contribution < 1.29 is 5.11 Å². The van der Waals surface area contributed by atoms with Crippen LogP contribution in [0.5, 0.6) is 5.88 Å². The van der Waals surface area contributed by atoms with E-state index in [9.17, 15) is 9.90 Å². The predicted octanol–water partition coefficient (Wildman–Crippen LogP) is 3.65. The number of aromatic nitrogens is 2. The first-order valence-corrected chi connectivity index (χ1v) is 10.4. The van der Waals surface area contributed by atoms with E-state index in [0.717, 1.165) is 45.3 Å². The molecule has 0 atom stereocenters. The van der Waals surface area contributed by atoms with Gasteiger partial charge in [0.15, 0.2) is 4.77 Å². The lowest BCUT2D eigenvalue weighted by atomic mass is 9.97. The molecule has 0 spiro atoms. The molecule has 0 unspecified atom stereocenters. The van der Waals surface area contributed by atoms with E-state index in [-0.39, 0.29) is 16.2 Å². The molecule has 150 valence electrons. The summed E-state index contributed by atoms with van der Waals surface area (Å²) in [6.45, 7) is 8.50. The normalized spacial score (nSPS) is 14.9. The van der Waals surface area contributed by atoms with Crippen LogP contribution in [-0.2, 0) is 6.54 Å². The van der Waals surface area contributed by atoms with Crippen LogP contribution >= 0.6 is 12.2 Å². The highest BCUT2D eigenvalue weighted by atomic mass is 32.1. The predicted molar refractivity (Wildman–Crippen MR) is 114 cm³/mol. The van der Waals surface area contributed by atoms with Crippen molar-refractivity contribution in [2.45, 2.75) is 58.9 Å². The maximum Gasteiger partial charge on any atom is 0.264 e. The van der Waals surface area contributed by atoms with E-state index in [1.165, 1.54) is 24.6 Å². The Morgan fingerprint density at radius 3 is 2.81 bits per heavy atom. The topological polar surface area (TPSA) is 73.6 Å². The first-order valence-electron chi connectivity index (χ1n) is 10.0. The molecule has 1 heterocycles. The first kappa shape index (κ1) is 21.6. The molecule has 0 aliphatic heterocycles. The van der Waals surface area contributed by atoms with Gasteiger partial charge in [0.2, 0.25) is 5.88 Å². The fourth-order valence-corrected chi connectivity index (χ4v) is 3.64. The van der Waals surface area contributed by atoms with E-state index in [1.807, 2.05) is 0 Å². The zero-order chi connectivity index (χ0) is 19.6. The number of hydrogen-bond donors (Lipinski definition) is 2. The Labute approximate surface area is 166 Å². The zero-order valence-electron chi connectivity index (χ0n) is 16.5. The molecule has 0 saturated heterocycles. The fraction of sp³-hybridized carbons (Fsp3) is 0.650. The standard InChI is InChI=1S/C20H32N4O2S/c1-3-23(4-2)13-8-12-21-15-17-18(25)22-20(27)24(19(17)26)14-11-16-9-6-5-7-10-16/h9,15,26H,3-8,10-14H2,1-2H3,(H,22,25,27). The minimum atomic E-state index is -0.391. The molecule has 1 aliphatic carbocycles. The highest BCUT2D eigenvalue weighted by Gasteiger charge is 2.12. The van der Waals surface area contributed by atoms with E-state index in [1.54, 1.807) is 4.57 Å². The number of aromatic hydroxyl groups is 1. The number of hydrogen-bond acceptors (Lipinski definition) is 5. The van der Waals surface area contributed by atoms with Gasteiger partial charge in [-0.15, -0.1) is 0 Å². The summed E-state index contributed by atoms with van der Waals surface area (Å²) in [6.07, 6.45) is 10.2. The van der Waals surface area contributed by atoms with Crippen molar-refractivity contribution in [2.24, 2.45) is 4.99 Å². The average molecular weight is 393 g/mol. The van der Waals surface area contributed by atoms with Gasteiger partial charge in [0, 0.05) is 19.3 Å². The molecule has 2 rings (SSSR count). The molecule has 2 N–H and O–H groups in total. The van der Waals surface area contributed by atoms with Gasteiger partial charge in [-0.3, -0.25) is 19.3 Å². The SMILES string of the molecule is CCN(CC)CCCN=Cc1c(O)n(CCC2=CCCCC2)c(=S)[nH]c1=O. The van der Waals surface area contributed by atoms with Gasteiger partial charge in [0.25, 0.3) is 5.56 Å². The van der Waals surface area contributed by atoms with Crippen LogP contribution in [0.2, 0.25) is 0 Å². The van der Waals surface area contributed by atoms with Gasteiger partial charge >= 0.3 is 0 Å².